The molecule has 1 aromatic heterocycles. The van der Waals surface area contributed by atoms with Gasteiger partial charge in [-0.1, -0.05) is 0 Å². The zero-order chi connectivity index (χ0) is 16.8. The lowest BCUT2D eigenvalue weighted by Crippen LogP contribution is -2.34. The molecule has 0 aliphatic rings. The molecule has 2 amide bonds. The Bertz CT molecular complexity index is 700. The van der Waals surface area contributed by atoms with Crippen LogP contribution >= 0.6 is 0 Å². The molecule has 0 unspecified atom stereocenters. The number of nitrogens with one attached hydrogen (secondary N) is 2. The Balaban J connectivity index is 1.82. The molecule has 2 aromatic rings. The third-order valence-corrected chi connectivity index (χ3v) is 2.87. The van der Waals surface area contributed by atoms with E-state index in [0.29, 0.717) is 17.7 Å². The van der Waals surface area contributed by atoms with Gasteiger partial charge in [-0.05, 0) is 24.3 Å². The molecule has 0 atom stereocenters. The van der Waals surface area contributed by atoms with E-state index in [0.717, 1.165) is 0 Å². The number of rotatable bonds is 5. The molecular weight excluding hydrogens is 311 g/mol. The number of carbonyl (C=O) groups is 2. The fourth-order valence-electron chi connectivity index (χ4n) is 1.74. The minimum Gasteiger partial charge on any atom is -0.350 e. The molecular formula is C15H12F3N3O2. The molecule has 0 saturated carbocycles. The van der Waals surface area contributed by atoms with Gasteiger partial charge < -0.3 is 10.6 Å². The van der Waals surface area contributed by atoms with Crippen LogP contribution in [0.4, 0.5) is 13.2 Å². The van der Waals surface area contributed by atoms with Crippen molar-refractivity contribution >= 4 is 11.8 Å². The Labute approximate surface area is 129 Å². The van der Waals surface area contributed by atoms with E-state index in [4.69, 9.17) is 0 Å². The van der Waals surface area contributed by atoms with Gasteiger partial charge in [0.15, 0.2) is 17.5 Å². The zero-order valence-corrected chi connectivity index (χ0v) is 11.8. The SMILES string of the molecule is O=C(NCCNC(=O)c1cc(F)c(F)c(F)c1)c1cccnc1. The van der Waals surface area contributed by atoms with Gasteiger partial charge in [-0.3, -0.25) is 14.6 Å². The highest BCUT2D eigenvalue weighted by molar-refractivity contribution is 5.95. The second kappa shape index (κ2) is 7.39. The van der Waals surface area contributed by atoms with E-state index in [1.165, 1.54) is 12.4 Å². The molecule has 2 rings (SSSR count). The Morgan fingerprint density at radius 3 is 2.04 bits per heavy atom. The Kier molecular flexibility index (Phi) is 5.29. The van der Waals surface area contributed by atoms with Crippen molar-refractivity contribution < 1.29 is 22.8 Å². The normalized spacial score (nSPS) is 10.2. The number of benzene rings is 1. The van der Waals surface area contributed by atoms with Crippen molar-refractivity contribution in [2.45, 2.75) is 0 Å². The average Bonchev–Trinajstić information content (AvgIpc) is 2.56. The molecule has 5 nitrogen and oxygen atoms in total. The van der Waals surface area contributed by atoms with E-state index < -0.39 is 23.4 Å². The van der Waals surface area contributed by atoms with Crippen molar-refractivity contribution in [3.05, 3.63) is 65.2 Å². The first-order chi connectivity index (χ1) is 11.0. The smallest absolute Gasteiger partial charge is 0.252 e. The van der Waals surface area contributed by atoms with Gasteiger partial charge in [0, 0.05) is 31.0 Å². The maximum absolute atomic E-state index is 13.0. The second-order valence-electron chi connectivity index (χ2n) is 4.51. The molecule has 0 saturated heterocycles. The Hall–Kier alpha value is -2.90. The van der Waals surface area contributed by atoms with E-state index in [-0.39, 0.29) is 24.6 Å². The topological polar surface area (TPSA) is 71.1 Å². The monoisotopic (exact) mass is 323 g/mol. The minimum absolute atomic E-state index is 0.0332. The Morgan fingerprint density at radius 2 is 1.52 bits per heavy atom. The predicted octanol–water partition coefficient (Wildman–Crippen LogP) is 1.66. The van der Waals surface area contributed by atoms with Crippen LogP contribution in [0, 0.1) is 17.5 Å². The zero-order valence-electron chi connectivity index (χ0n) is 11.8. The van der Waals surface area contributed by atoms with Gasteiger partial charge in [0.25, 0.3) is 11.8 Å². The summed E-state index contributed by atoms with van der Waals surface area (Å²) in [6.45, 7) is 0.136. The molecule has 2 N–H and O–H groups in total. The largest absolute Gasteiger partial charge is 0.350 e. The summed E-state index contributed by atoms with van der Waals surface area (Å²) >= 11 is 0. The molecule has 0 bridgehead atoms. The van der Waals surface area contributed by atoms with E-state index in [1.54, 1.807) is 12.1 Å². The lowest BCUT2D eigenvalue weighted by molar-refractivity contribution is 0.0927. The summed E-state index contributed by atoms with van der Waals surface area (Å²) in [4.78, 5) is 27.2. The van der Waals surface area contributed by atoms with Crippen molar-refractivity contribution in [1.29, 1.82) is 0 Å². The van der Waals surface area contributed by atoms with Gasteiger partial charge >= 0.3 is 0 Å². The lowest BCUT2D eigenvalue weighted by atomic mass is 10.2. The quantitative estimate of drug-likeness (QED) is 0.649. The summed E-state index contributed by atoms with van der Waals surface area (Å²) in [5, 5.41) is 4.89. The molecule has 0 spiro atoms. The van der Waals surface area contributed by atoms with Crippen LogP contribution < -0.4 is 10.6 Å². The van der Waals surface area contributed by atoms with Crippen LogP contribution in [-0.4, -0.2) is 29.9 Å². The average molecular weight is 323 g/mol. The van der Waals surface area contributed by atoms with Crippen LogP contribution in [0.2, 0.25) is 0 Å². The van der Waals surface area contributed by atoms with Crippen LogP contribution in [0.25, 0.3) is 0 Å². The molecule has 120 valence electrons. The summed E-state index contributed by atoms with van der Waals surface area (Å²) in [6, 6.07) is 4.38. The van der Waals surface area contributed by atoms with Gasteiger partial charge in [-0.15, -0.1) is 0 Å². The van der Waals surface area contributed by atoms with Gasteiger partial charge in [0.1, 0.15) is 0 Å². The van der Waals surface area contributed by atoms with Gasteiger partial charge in [-0.25, -0.2) is 13.2 Å². The second-order valence-corrected chi connectivity index (χ2v) is 4.51. The number of aromatic nitrogens is 1. The van der Waals surface area contributed by atoms with Crippen molar-refractivity contribution in [3.8, 4) is 0 Å². The van der Waals surface area contributed by atoms with E-state index in [9.17, 15) is 22.8 Å². The van der Waals surface area contributed by atoms with E-state index in [2.05, 4.69) is 15.6 Å². The first-order valence-corrected chi connectivity index (χ1v) is 6.60. The number of hydrogen-bond acceptors (Lipinski definition) is 3. The van der Waals surface area contributed by atoms with Crippen LogP contribution in [0.3, 0.4) is 0 Å². The van der Waals surface area contributed by atoms with Crippen molar-refractivity contribution in [3.63, 3.8) is 0 Å². The summed E-state index contributed by atoms with van der Waals surface area (Å²) in [5.41, 5.74) is 0.0153. The highest BCUT2D eigenvalue weighted by Gasteiger charge is 2.14. The molecule has 1 aromatic carbocycles. The van der Waals surface area contributed by atoms with Gasteiger partial charge in [0.05, 0.1) is 5.56 Å². The van der Waals surface area contributed by atoms with Crippen LogP contribution in [0.1, 0.15) is 20.7 Å². The molecule has 0 fully saturated rings. The summed E-state index contributed by atoms with van der Waals surface area (Å²) < 4.78 is 38.8. The first kappa shape index (κ1) is 16.5. The molecule has 1 heterocycles. The summed E-state index contributed by atoms with van der Waals surface area (Å²) in [5.74, 6) is -5.67. The maximum Gasteiger partial charge on any atom is 0.252 e. The molecule has 8 heteroatoms. The molecule has 0 aliphatic heterocycles. The van der Waals surface area contributed by atoms with E-state index in [1.807, 2.05) is 0 Å². The highest BCUT2D eigenvalue weighted by atomic mass is 19.2. The molecule has 0 radical (unpaired) electrons. The number of carbonyl (C=O) groups excluding carboxylic acids is 2. The molecule has 23 heavy (non-hydrogen) atoms. The van der Waals surface area contributed by atoms with Crippen molar-refractivity contribution in [2.75, 3.05) is 13.1 Å². The summed E-state index contributed by atoms with van der Waals surface area (Å²) in [6.07, 6.45) is 2.91. The number of pyridine rings is 1. The van der Waals surface area contributed by atoms with Crippen molar-refractivity contribution in [2.24, 2.45) is 0 Å². The molecule has 0 aliphatic carbocycles. The lowest BCUT2D eigenvalue weighted by Gasteiger charge is -2.07. The fourth-order valence-corrected chi connectivity index (χ4v) is 1.74. The van der Waals surface area contributed by atoms with Gasteiger partial charge in [0.2, 0.25) is 0 Å². The number of amides is 2. The van der Waals surface area contributed by atoms with E-state index >= 15 is 0 Å². The standard InChI is InChI=1S/C15H12F3N3O2/c16-11-6-10(7-12(17)13(11)18)15(23)21-5-4-20-14(22)9-2-1-3-19-8-9/h1-3,6-8H,4-5H2,(H,20,22)(H,21,23). The first-order valence-electron chi connectivity index (χ1n) is 6.60. The number of nitrogens with zero attached hydrogens (tertiary/aromatic N) is 1. The van der Waals surface area contributed by atoms with Gasteiger partial charge in [-0.2, -0.15) is 0 Å². The fraction of sp³-hybridized carbons (Fsp3) is 0.133. The summed E-state index contributed by atoms with van der Waals surface area (Å²) in [7, 11) is 0. The predicted molar refractivity (Wildman–Crippen MR) is 75.2 cm³/mol. The number of halogens is 3. The number of hydrogen-bond donors (Lipinski definition) is 2. The van der Waals surface area contributed by atoms with Crippen LogP contribution in [0.15, 0.2) is 36.7 Å². The van der Waals surface area contributed by atoms with Crippen LogP contribution in [0.5, 0.6) is 0 Å². The van der Waals surface area contributed by atoms with Crippen LogP contribution in [-0.2, 0) is 0 Å². The maximum atomic E-state index is 13.0. The third kappa shape index (κ3) is 4.29. The van der Waals surface area contributed by atoms with Crippen molar-refractivity contribution in [1.82, 2.24) is 15.6 Å². The Morgan fingerprint density at radius 1 is 0.957 bits per heavy atom. The minimum atomic E-state index is -1.63. The highest BCUT2D eigenvalue weighted by Crippen LogP contribution is 2.13. The third-order valence-electron chi connectivity index (χ3n) is 2.87.